The van der Waals surface area contributed by atoms with Crippen molar-refractivity contribution in [2.75, 3.05) is 44.2 Å². The first kappa shape index (κ1) is 22.3. The summed E-state index contributed by atoms with van der Waals surface area (Å²) in [5.41, 5.74) is 6.07. The highest BCUT2D eigenvalue weighted by molar-refractivity contribution is 5.95. The second kappa shape index (κ2) is 10.1. The van der Waals surface area contributed by atoms with Crippen LogP contribution in [0.15, 0.2) is 36.4 Å². The number of piperazine rings is 1. The molecule has 2 aromatic rings. The van der Waals surface area contributed by atoms with Gasteiger partial charge in [0.1, 0.15) is 25.0 Å². The van der Waals surface area contributed by atoms with Crippen LogP contribution in [0, 0.1) is 20.8 Å². The first-order valence-corrected chi connectivity index (χ1v) is 11.0. The maximum Gasteiger partial charge on any atom is 0.162 e. The van der Waals surface area contributed by atoms with Gasteiger partial charge in [-0.15, -0.1) is 0 Å². The molecule has 1 atom stereocenters. The molecular formula is C25H35N2O3+. The third-order valence-corrected chi connectivity index (χ3v) is 5.89. The predicted molar refractivity (Wildman–Crippen MR) is 121 cm³/mol. The lowest BCUT2D eigenvalue weighted by molar-refractivity contribution is -0.903. The number of nitrogens with one attached hydrogen (secondary N) is 1. The Kier molecular flexibility index (Phi) is 7.51. The highest BCUT2D eigenvalue weighted by atomic mass is 16.5. The number of aliphatic hydroxyl groups excluding tert-OH is 1. The molecule has 3 rings (SSSR count). The third kappa shape index (κ3) is 5.61. The van der Waals surface area contributed by atoms with Crippen LogP contribution in [0.25, 0.3) is 0 Å². The zero-order chi connectivity index (χ0) is 21.7. The summed E-state index contributed by atoms with van der Waals surface area (Å²) in [6.45, 7) is 13.4. The topological polar surface area (TPSA) is 54.2 Å². The van der Waals surface area contributed by atoms with Crippen LogP contribution < -0.4 is 14.5 Å². The molecule has 5 nitrogen and oxygen atoms in total. The molecule has 0 radical (unpaired) electrons. The van der Waals surface area contributed by atoms with Crippen molar-refractivity contribution >= 4 is 11.5 Å². The summed E-state index contributed by atoms with van der Waals surface area (Å²) in [5.74, 6) is 0.812. The average molecular weight is 412 g/mol. The second-order valence-electron chi connectivity index (χ2n) is 8.45. The fraction of sp³-hybridized carbons (Fsp3) is 0.480. The summed E-state index contributed by atoms with van der Waals surface area (Å²) in [5, 5.41) is 10.4. The molecular weight excluding hydrogens is 376 g/mol. The SMILES string of the molecule is CCC(=O)c1ccc(OC[C@@H](O)C[NH+]2CCN(c3c(C)cc(C)cc3C)CC2)cc1. The summed E-state index contributed by atoms with van der Waals surface area (Å²) >= 11 is 0. The van der Waals surface area contributed by atoms with Gasteiger partial charge in [-0.1, -0.05) is 24.6 Å². The number of quaternary nitrogens is 1. The van der Waals surface area contributed by atoms with Crippen LogP contribution in [0.2, 0.25) is 0 Å². The quantitative estimate of drug-likeness (QED) is 0.655. The minimum absolute atomic E-state index is 0.125. The van der Waals surface area contributed by atoms with Gasteiger partial charge in [0.05, 0.1) is 26.2 Å². The van der Waals surface area contributed by atoms with Crippen molar-refractivity contribution in [3.63, 3.8) is 0 Å². The summed E-state index contributed by atoms with van der Waals surface area (Å²) in [6.07, 6.45) is -0.00999. The Labute approximate surface area is 180 Å². The number of aryl methyl sites for hydroxylation is 3. The molecule has 0 bridgehead atoms. The molecule has 0 amide bonds. The Hall–Kier alpha value is -2.37. The van der Waals surface area contributed by atoms with Gasteiger partial charge < -0.3 is 19.6 Å². The van der Waals surface area contributed by atoms with Gasteiger partial charge in [-0.25, -0.2) is 0 Å². The van der Waals surface area contributed by atoms with E-state index in [4.69, 9.17) is 4.74 Å². The number of carbonyl (C=O) groups is 1. The van der Waals surface area contributed by atoms with E-state index in [1.165, 1.54) is 27.3 Å². The molecule has 1 fully saturated rings. The molecule has 30 heavy (non-hydrogen) atoms. The molecule has 2 aromatic carbocycles. The summed E-state index contributed by atoms with van der Waals surface area (Å²) < 4.78 is 5.73. The van der Waals surface area contributed by atoms with Crippen molar-refractivity contribution in [1.82, 2.24) is 0 Å². The van der Waals surface area contributed by atoms with Crippen LogP contribution in [0.1, 0.15) is 40.4 Å². The van der Waals surface area contributed by atoms with Crippen LogP contribution in [0.5, 0.6) is 5.75 Å². The van der Waals surface area contributed by atoms with E-state index >= 15 is 0 Å². The smallest absolute Gasteiger partial charge is 0.162 e. The van der Waals surface area contributed by atoms with Gasteiger partial charge in [0, 0.05) is 17.7 Å². The highest BCUT2D eigenvalue weighted by Gasteiger charge is 2.24. The molecule has 1 aliphatic heterocycles. The predicted octanol–water partition coefficient (Wildman–Crippen LogP) is 2.35. The number of aliphatic hydroxyl groups is 1. The van der Waals surface area contributed by atoms with Gasteiger partial charge >= 0.3 is 0 Å². The van der Waals surface area contributed by atoms with Crippen LogP contribution in [0.3, 0.4) is 0 Å². The number of carbonyl (C=O) groups excluding carboxylic acids is 1. The number of benzene rings is 2. The van der Waals surface area contributed by atoms with Crippen molar-refractivity contribution in [2.45, 2.75) is 40.2 Å². The molecule has 2 N–H and O–H groups in total. The highest BCUT2D eigenvalue weighted by Crippen LogP contribution is 2.26. The van der Waals surface area contributed by atoms with E-state index in [0.29, 0.717) is 24.3 Å². The van der Waals surface area contributed by atoms with E-state index in [0.717, 1.165) is 26.2 Å². The summed E-state index contributed by atoms with van der Waals surface area (Å²) in [7, 11) is 0. The minimum Gasteiger partial charge on any atom is -0.491 e. The normalized spacial score (nSPS) is 15.8. The van der Waals surface area contributed by atoms with Crippen LogP contribution in [-0.2, 0) is 0 Å². The molecule has 0 spiro atoms. The molecule has 1 aliphatic rings. The molecule has 0 saturated carbocycles. The van der Waals surface area contributed by atoms with Gasteiger partial charge in [-0.05, 0) is 56.2 Å². The Morgan fingerprint density at radius 3 is 2.27 bits per heavy atom. The number of ether oxygens (including phenoxy) is 1. The zero-order valence-electron chi connectivity index (χ0n) is 18.7. The number of Topliss-reactive ketones (excluding diaryl/α,β-unsaturated/α-hetero) is 1. The molecule has 0 unspecified atom stereocenters. The Bertz CT molecular complexity index is 832. The minimum atomic E-state index is -0.508. The fourth-order valence-electron chi connectivity index (χ4n) is 4.45. The molecule has 1 saturated heterocycles. The summed E-state index contributed by atoms with van der Waals surface area (Å²) in [6, 6.07) is 11.7. The lowest BCUT2D eigenvalue weighted by Gasteiger charge is -2.36. The molecule has 0 aliphatic carbocycles. The zero-order valence-corrected chi connectivity index (χ0v) is 18.7. The number of rotatable bonds is 8. The largest absolute Gasteiger partial charge is 0.491 e. The Balaban J connectivity index is 1.45. The number of hydrogen-bond acceptors (Lipinski definition) is 4. The Morgan fingerprint density at radius 1 is 1.10 bits per heavy atom. The lowest BCUT2D eigenvalue weighted by atomic mass is 10.0. The summed E-state index contributed by atoms with van der Waals surface area (Å²) in [4.78, 5) is 15.6. The van der Waals surface area contributed by atoms with E-state index in [2.05, 4.69) is 37.8 Å². The number of hydrogen-bond donors (Lipinski definition) is 2. The molecule has 5 heteroatoms. The molecule has 162 valence electrons. The van der Waals surface area contributed by atoms with Crippen LogP contribution in [-0.4, -0.2) is 56.3 Å². The van der Waals surface area contributed by atoms with Crippen molar-refractivity contribution in [3.05, 3.63) is 58.7 Å². The monoisotopic (exact) mass is 411 g/mol. The van der Waals surface area contributed by atoms with Crippen molar-refractivity contribution in [2.24, 2.45) is 0 Å². The average Bonchev–Trinajstić information content (AvgIpc) is 2.72. The van der Waals surface area contributed by atoms with Crippen molar-refractivity contribution in [3.8, 4) is 5.75 Å². The third-order valence-electron chi connectivity index (χ3n) is 5.89. The maximum atomic E-state index is 11.7. The van der Waals surface area contributed by atoms with Gasteiger partial charge in [0.15, 0.2) is 5.78 Å². The second-order valence-corrected chi connectivity index (χ2v) is 8.45. The van der Waals surface area contributed by atoms with E-state index < -0.39 is 6.10 Å². The van der Waals surface area contributed by atoms with Gasteiger partial charge in [0.2, 0.25) is 0 Å². The molecule has 1 heterocycles. The van der Waals surface area contributed by atoms with E-state index in [-0.39, 0.29) is 12.4 Å². The van der Waals surface area contributed by atoms with Crippen LogP contribution >= 0.6 is 0 Å². The number of ketones is 1. The standard InChI is InChI=1S/C25H34N2O3/c1-5-24(29)21-6-8-23(9-7-21)30-17-22(28)16-26-10-12-27(13-11-26)25-19(3)14-18(2)15-20(25)4/h6-9,14-15,22,28H,5,10-13,16-17H2,1-4H3/p+1/t22-/m0/s1. The number of anilines is 1. The van der Waals surface area contributed by atoms with Gasteiger partial charge in [0.25, 0.3) is 0 Å². The number of nitrogens with zero attached hydrogens (tertiary/aromatic N) is 1. The molecule has 0 aromatic heterocycles. The first-order valence-electron chi connectivity index (χ1n) is 11.0. The van der Waals surface area contributed by atoms with E-state index in [1.54, 1.807) is 24.3 Å². The van der Waals surface area contributed by atoms with E-state index in [9.17, 15) is 9.90 Å². The first-order chi connectivity index (χ1) is 14.4. The fourth-order valence-corrected chi connectivity index (χ4v) is 4.45. The van der Waals surface area contributed by atoms with E-state index in [1.807, 2.05) is 6.92 Å². The van der Waals surface area contributed by atoms with Gasteiger partial charge in [-0.2, -0.15) is 0 Å². The van der Waals surface area contributed by atoms with Crippen molar-refractivity contribution < 1.29 is 19.5 Å². The lowest BCUT2D eigenvalue weighted by Crippen LogP contribution is -3.16. The maximum absolute atomic E-state index is 11.7. The van der Waals surface area contributed by atoms with Crippen molar-refractivity contribution in [1.29, 1.82) is 0 Å². The van der Waals surface area contributed by atoms with Gasteiger partial charge in [-0.3, -0.25) is 4.79 Å². The Morgan fingerprint density at radius 2 is 1.70 bits per heavy atom. The van der Waals surface area contributed by atoms with Crippen LogP contribution in [0.4, 0.5) is 5.69 Å².